The Kier molecular flexibility index (Phi) is 2.76. The highest BCUT2D eigenvalue weighted by Crippen LogP contribution is 2.17. The van der Waals surface area contributed by atoms with Gasteiger partial charge in [-0.1, -0.05) is 43.3 Å². The quantitative estimate of drug-likeness (QED) is 0.712. The summed E-state index contributed by atoms with van der Waals surface area (Å²) >= 11 is 0. The SMILES string of the molecule is CCc1cccc2cccc(B(O)O)c12. The third kappa shape index (κ3) is 1.76. The number of hydrogen-bond acceptors (Lipinski definition) is 2. The van der Waals surface area contributed by atoms with Crippen LogP contribution in [-0.2, 0) is 6.42 Å². The summed E-state index contributed by atoms with van der Waals surface area (Å²) < 4.78 is 0. The zero-order chi connectivity index (χ0) is 10.8. The fraction of sp³-hybridized carbons (Fsp3) is 0.167. The van der Waals surface area contributed by atoms with Gasteiger partial charge in [0.25, 0.3) is 0 Å². The molecule has 2 aromatic carbocycles. The van der Waals surface area contributed by atoms with Crippen molar-refractivity contribution in [1.29, 1.82) is 0 Å². The van der Waals surface area contributed by atoms with E-state index in [1.165, 1.54) is 0 Å². The van der Waals surface area contributed by atoms with Gasteiger partial charge in [-0.15, -0.1) is 0 Å². The molecular weight excluding hydrogens is 187 g/mol. The van der Waals surface area contributed by atoms with Crippen LogP contribution in [0.25, 0.3) is 10.8 Å². The zero-order valence-electron chi connectivity index (χ0n) is 8.64. The number of fused-ring (bicyclic) bond motifs is 1. The Hall–Kier alpha value is -1.32. The Bertz CT molecular complexity index is 475. The largest absolute Gasteiger partial charge is 0.489 e. The lowest BCUT2D eigenvalue weighted by molar-refractivity contribution is 0.426. The van der Waals surface area contributed by atoms with Gasteiger partial charge in [0.15, 0.2) is 0 Å². The minimum absolute atomic E-state index is 0.588. The van der Waals surface area contributed by atoms with Crippen molar-refractivity contribution in [3.8, 4) is 0 Å². The second-order valence-corrected chi connectivity index (χ2v) is 3.59. The molecule has 2 aromatic rings. The van der Waals surface area contributed by atoms with Gasteiger partial charge >= 0.3 is 7.12 Å². The summed E-state index contributed by atoms with van der Waals surface area (Å²) in [7, 11) is -1.40. The van der Waals surface area contributed by atoms with Crippen LogP contribution < -0.4 is 5.46 Å². The average molecular weight is 200 g/mol. The average Bonchev–Trinajstić information content (AvgIpc) is 2.27. The Labute approximate surface area is 89.3 Å². The van der Waals surface area contributed by atoms with Crippen LogP contribution in [0.15, 0.2) is 36.4 Å². The molecule has 0 saturated heterocycles. The molecule has 0 aromatic heterocycles. The fourth-order valence-electron chi connectivity index (χ4n) is 1.96. The highest BCUT2D eigenvalue weighted by Gasteiger charge is 2.15. The van der Waals surface area contributed by atoms with Gasteiger partial charge in [-0.2, -0.15) is 0 Å². The van der Waals surface area contributed by atoms with Gasteiger partial charge in [0.05, 0.1) is 0 Å². The van der Waals surface area contributed by atoms with Crippen molar-refractivity contribution in [2.75, 3.05) is 0 Å². The molecule has 0 atom stereocenters. The number of rotatable bonds is 2. The van der Waals surface area contributed by atoms with E-state index in [2.05, 4.69) is 6.92 Å². The van der Waals surface area contributed by atoms with E-state index in [0.29, 0.717) is 5.46 Å². The van der Waals surface area contributed by atoms with Crippen LogP contribution in [0.3, 0.4) is 0 Å². The van der Waals surface area contributed by atoms with Gasteiger partial charge in [0.2, 0.25) is 0 Å². The van der Waals surface area contributed by atoms with Crippen molar-refractivity contribution in [3.05, 3.63) is 42.0 Å². The lowest BCUT2D eigenvalue weighted by Gasteiger charge is -2.09. The predicted molar refractivity (Wildman–Crippen MR) is 63.2 cm³/mol. The summed E-state index contributed by atoms with van der Waals surface area (Å²) in [5.41, 5.74) is 1.74. The summed E-state index contributed by atoms with van der Waals surface area (Å²) in [6.07, 6.45) is 0.890. The zero-order valence-corrected chi connectivity index (χ0v) is 8.64. The van der Waals surface area contributed by atoms with Crippen LogP contribution >= 0.6 is 0 Å². The molecule has 0 aliphatic heterocycles. The van der Waals surface area contributed by atoms with Gasteiger partial charge in [0.1, 0.15) is 0 Å². The van der Waals surface area contributed by atoms with Crippen molar-refractivity contribution in [1.82, 2.24) is 0 Å². The van der Waals surface area contributed by atoms with Crippen molar-refractivity contribution in [3.63, 3.8) is 0 Å². The molecule has 0 saturated carbocycles. The minimum atomic E-state index is -1.40. The summed E-state index contributed by atoms with van der Waals surface area (Å²) in [5.74, 6) is 0. The van der Waals surface area contributed by atoms with Gasteiger partial charge < -0.3 is 10.0 Å². The van der Waals surface area contributed by atoms with E-state index >= 15 is 0 Å². The van der Waals surface area contributed by atoms with Crippen LogP contribution in [-0.4, -0.2) is 17.2 Å². The van der Waals surface area contributed by atoms with Gasteiger partial charge in [-0.25, -0.2) is 0 Å². The molecule has 76 valence electrons. The molecule has 0 aliphatic rings. The standard InChI is InChI=1S/C12H13BO2/c1-2-9-5-3-6-10-7-4-8-11(12(9)10)13(14)15/h3-8,14-15H,2H2,1H3. The first-order chi connectivity index (χ1) is 7.24. The van der Waals surface area contributed by atoms with Crippen LogP contribution in [0, 0.1) is 0 Å². The Morgan fingerprint density at radius 2 is 1.73 bits per heavy atom. The molecule has 3 heteroatoms. The summed E-state index contributed by atoms with van der Waals surface area (Å²) in [6, 6.07) is 11.6. The fourth-order valence-corrected chi connectivity index (χ4v) is 1.96. The van der Waals surface area contributed by atoms with Crippen molar-refractivity contribution in [2.24, 2.45) is 0 Å². The molecule has 2 rings (SSSR count). The first-order valence-corrected chi connectivity index (χ1v) is 5.10. The first kappa shape index (κ1) is 10.2. The third-order valence-electron chi connectivity index (χ3n) is 2.68. The van der Waals surface area contributed by atoms with E-state index in [1.54, 1.807) is 6.07 Å². The first-order valence-electron chi connectivity index (χ1n) is 5.10. The van der Waals surface area contributed by atoms with E-state index in [-0.39, 0.29) is 0 Å². The van der Waals surface area contributed by atoms with E-state index in [1.807, 2.05) is 30.3 Å². The van der Waals surface area contributed by atoms with Crippen LogP contribution in [0.4, 0.5) is 0 Å². The second-order valence-electron chi connectivity index (χ2n) is 3.59. The maximum absolute atomic E-state index is 9.30. The van der Waals surface area contributed by atoms with Crippen LogP contribution in [0.5, 0.6) is 0 Å². The summed E-state index contributed by atoms with van der Waals surface area (Å²) in [4.78, 5) is 0. The minimum Gasteiger partial charge on any atom is -0.423 e. The molecule has 0 bridgehead atoms. The number of aryl methyl sites for hydroxylation is 1. The van der Waals surface area contributed by atoms with E-state index in [4.69, 9.17) is 0 Å². The van der Waals surface area contributed by atoms with Crippen LogP contribution in [0.1, 0.15) is 12.5 Å². The molecule has 15 heavy (non-hydrogen) atoms. The van der Waals surface area contributed by atoms with Crippen molar-refractivity contribution in [2.45, 2.75) is 13.3 Å². The smallest absolute Gasteiger partial charge is 0.423 e. The Morgan fingerprint density at radius 3 is 2.33 bits per heavy atom. The highest BCUT2D eigenvalue weighted by molar-refractivity contribution is 6.62. The molecular formula is C12H13BO2. The lowest BCUT2D eigenvalue weighted by atomic mass is 9.76. The number of hydrogen-bond donors (Lipinski definition) is 2. The molecule has 0 heterocycles. The molecule has 0 amide bonds. The van der Waals surface area contributed by atoms with E-state index < -0.39 is 7.12 Å². The maximum Gasteiger partial charge on any atom is 0.489 e. The Balaban J connectivity index is 2.81. The topological polar surface area (TPSA) is 40.5 Å². The monoisotopic (exact) mass is 200 g/mol. The summed E-state index contributed by atoms with van der Waals surface area (Å²) in [6.45, 7) is 2.06. The lowest BCUT2D eigenvalue weighted by Crippen LogP contribution is -2.30. The van der Waals surface area contributed by atoms with E-state index in [9.17, 15) is 10.0 Å². The Morgan fingerprint density at radius 1 is 1.07 bits per heavy atom. The second kappa shape index (κ2) is 4.05. The van der Waals surface area contributed by atoms with Gasteiger partial charge in [-0.05, 0) is 28.2 Å². The molecule has 2 N–H and O–H groups in total. The van der Waals surface area contributed by atoms with E-state index in [0.717, 1.165) is 22.8 Å². The van der Waals surface area contributed by atoms with Crippen molar-refractivity contribution < 1.29 is 10.0 Å². The van der Waals surface area contributed by atoms with Gasteiger partial charge in [-0.3, -0.25) is 0 Å². The molecule has 0 radical (unpaired) electrons. The molecule has 0 unspecified atom stereocenters. The van der Waals surface area contributed by atoms with Crippen LogP contribution in [0.2, 0.25) is 0 Å². The predicted octanol–water partition coefficient (Wildman–Crippen LogP) is 1.08. The van der Waals surface area contributed by atoms with Crippen molar-refractivity contribution >= 4 is 23.4 Å². The normalized spacial score (nSPS) is 10.6. The molecule has 0 spiro atoms. The maximum atomic E-state index is 9.30. The highest BCUT2D eigenvalue weighted by atomic mass is 16.4. The molecule has 0 aliphatic carbocycles. The number of benzene rings is 2. The molecule has 0 fully saturated rings. The van der Waals surface area contributed by atoms with Gasteiger partial charge in [0, 0.05) is 0 Å². The molecule has 2 nitrogen and oxygen atoms in total. The third-order valence-corrected chi connectivity index (χ3v) is 2.68. The summed E-state index contributed by atoms with van der Waals surface area (Å²) in [5, 5.41) is 20.6.